The van der Waals surface area contributed by atoms with Crippen LogP contribution >= 0.6 is 11.8 Å². The summed E-state index contributed by atoms with van der Waals surface area (Å²) in [5.41, 5.74) is 3.47. The van der Waals surface area contributed by atoms with Gasteiger partial charge in [-0.1, -0.05) is 48.7 Å². The van der Waals surface area contributed by atoms with Gasteiger partial charge < -0.3 is 5.32 Å². The summed E-state index contributed by atoms with van der Waals surface area (Å²) in [5, 5.41) is 12.6. The lowest BCUT2D eigenvalue weighted by Crippen LogP contribution is -2.36. The summed E-state index contributed by atoms with van der Waals surface area (Å²) in [6, 6.07) is 11.1. The first-order valence-electron chi connectivity index (χ1n) is 12.3. The van der Waals surface area contributed by atoms with E-state index in [4.69, 9.17) is 0 Å². The van der Waals surface area contributed by atoms with E-state index in [1.807, 2.05) is 32.0 Å². The van der Waals surface area contributed by atoms with Crippen molar-refractivity contribution < 1.29 is 9.59 Å². The predicted molar refractivity (Wildman–Crippen MR) is 141 cm³/mol. The van der Waals surface area contributed by atoms with Crippen LogP contribution in [0.4, 0.5) is 0 Å². The molecule has 186 valence electrons. The number of rotatable bonds is 6. The number of carbonyl (C=O) groups is 2. The summed E-state index contributed by atoms with van der Waals surface area (Å²) in [7, 11) is 1.64. The third kappa shape index (κ3) is 4.55. The number of nitrogens with one attached hydrogen (secondary N) is 1. The maximum absolute atomic E-state index is 13.0. The number of aryl methyl sites for hydroxylation is 3. The van der Waals surface area contributed by atoms with Crippen LogP contribution in [0.2, 0.25) is 0 Å². The number of hydrogen-bond acceptors (Lipinski definition) is 6. The first kappa shape index (κ1) is 24.2. The lowest BCUT2D eigenvalue weighted by Gasteiger charge is -2.22. The standard InChI is InChI=1S/C27H29N5O3S/c1-16-9-10-17(2)21(13-16)23(33)15-36-27-30-29-26-31(3)25(35)20-12-11-18(14-22(20)32(26)27)24(34)28-19-7-5-4-6-8-19/h9-14,19H,4-8,15H2,1-3H3,(H,28,34). The first-order valence-corrected chi connectivity index (χ1v) is 13.2. The molecule has 8 nitrogen and oxygen atoms in total. The molecule has 1 amide bonds. The highest BCUT2D eigenvalue weighted by Crippen LogP contribution is 2.24. The van der Waals surface area contributed by atoms with Crippen molar-refractivity contribution in [3.05, 3.63) is 69.0 Å². The summed E-state index contributed by atoms with van der Waals surface area (Å²) in [6.45, 7) is 3.89. The van der Waals surface area contributed by atoms with Crippen molar-refractivity contribution in [3.8, 4) is 0 Å². The summed E-state index contributed by atoms with van der Waals surface area (Å²) >= 11 is 1.27. The van der Waals surface area contributed by atoms with Crippen LogP contribution in [-0.4, -0.2) is 42.7 Å². The Hall–Kier alpha value is -3.46. The Morgan fingerprint density at radius 2 is 1.83 bits per heavy atom. The highest BCUT2D eigenvalue weighted by atomic mass is 32.2. The van der Waals surface area contributed by atoms with E-state index in [2.05, 4.69) is 15.5 Å². The number of amides is 1. The monoisotopic (exact) mass is 503 g/mol. The van der Waals surface area contributed by atoms with E-state index in [1.165, 1.54) is 22.7 Å². The zero-order valence-corrected chi connectivity index (χ0v) is 21.5. The Kier molecular flexibility index (Phi) is 6.66. The second-order valence-corrected chi connectivity index (χ2v) is 10.5. The van der Waals surface area contributed by atoms with E-state index in [-0.39, 0.29) is 29.0 Å². The molecule has 9 heteroatoms. The Balaban J connectivity index is 1.50. The van der Waals surface area contributed by atoms with Gasteiger partial charge in [0.1, 0.15) is 0 Å². The number of benzene rings is 2. The number of Topliss-reactive ketones (excluding diaryl/α,β-unsaturated/α-hetero) is 1. The number of nitrogens with zero attached hydrogens (tertiary/aromatic N) is 4. The number of aromatic nitrogens is 4. The van der Waals surface area contributed by atoms with E-state index >= 15 is 0 Å². The second kappa shape index (κ2) is 9.89. The Labute approximate surface area is 213 Å². The number of fused-ring (bicyclic) bond motifs is 3. The lowest BCUT2D eigenvalue weighted by molar-refractivity contribution is 0.0927. The number of carbonyl (C=O) groups excluding carboxylic acids is 2. The van der Waals surface area contributed by atoms with E-state index in [0.717, 1.165) is 36.8 Å². The molecule has 2 heterocycles. The van der Waals surface area contributed by atoms with Crippen molar-refractivity contribution in [2.24, 2.45) is 7.05 Å². The van der Waals surface area contributed by atoms with Crippen LogP contribution in [-0.2, 0) is 7.05 Å². The second-order valence-electron chi connectivity index (χ2n) is 9.55. The van der Waals surface area contributed by atoms with Gasteiger partial charge in [-0.25, -0.2) is 0 Å². The first-order chi connectivity index (χ1) is 17.3. The third-order valence-electron chi connectivity index (χ3n) is 6.92. The molecule has 36 heavy (non-hydrogen) atoms. The van der Waals surface area contributed by atoms with Crippen LogP contribution in [0.15, 0.2) is 46.3 Å². The Morgan fingerprint density at radius 3 is 2.61 bits per heavy atom. The van der Waals surface area contributed by atoms with Gasteiger partial charge in [0.25, 0.3) is 11.5 Å². The summed E-state index contributed by atoms with van der Waals surface area (Å²) in [6.07, 6.45) is 5.45. The third-order valence-corrected chi connectivity index (χ3v) is 7.85. The summed E-state index contributed by atoms with van der Waals surface area (Å²) in [4.78, 5) is 39.0. The number of thioether (sulfide) groups is 1. The van der Waals surface area contributed by atoms with Gasteiger partial charge in [0.15, 0.2) is 10.9 Å². The quantitative estimate of drug-likeness (QED) is 0.312. The minimum atomic E-state index is -0.216. The maximum atomic E-state index is 13.0. The normalized spacial score (nSPS) is 14.4. The van der Waals surface area contributed by atoms with Crippen LogP contribution < -0.4 is 10.9 Å². The summed E-state index contributed by atoms with van der Waals surface area (Å²) < 4.78 is 3.20. The molecule has 1 fully saturated rings. The van der Waals surface area contributed by atoms with Crippen LogP contribution in [0.5, 0.6) is 0 Å². The zero-order chi connectivity index (χ0) is 25.4. The molecule has 0 spiro atoms. The van der Waals surface area contributed by atoms with Crippen molar-refractivity contribution in [2.45, 2.75) is 57.1 Å². The van der Waals surface area contributed by atoms with Crippen LogP contribution in [0.25, 0.3) is 16.7 Å². The lowest BCUT2D eigenvalue weighted by atomic mass is 9.95. The van der Waals surface area contributed by atoms with Crippen LogP contribution in [0.3, 0.4) is 0 Å². The van der Waals surface area contributed by atoms with E-state index in [1.54, 1.807) is 29.6 Å². The fourth-order valence-electron chi connectivity index (χ4n) is 4.85. The van der Waals surface area contributed by atoms with E-state index in [0.29, 0.717) is 33.0 Å². The average Bonchev–Trinajstić information content (AvgIpc) is 3.32. The zero-order valence-electron chi connectivity index (χ0n) is 20.7. The van der Waals surface area contributed by atoms with Crippen molar-refractivity contribution in [1.29, 1.82) is 0 Å². The van der Waals surface area contributed by atoms with Gasteiger partial charge in [-0.3, -0.25) is 23.4 Å². The molecule has 2 aromatic carbocycles. The molecular formula is C27H29N5O3S. The van der Waals surface area contributed by atoms with Gasteiger partial charge in [0.05, 0.1) is 16.7 Å². The fraction of sp³-hybridized carbons (Fsp3) is 0.370. The van der Waals surface area contributed by atoms with Crippen molar-refractivity contribution in [2.75, 3.05) is 5.75 Å². The topological polar surface area (TPSA) is 98.4 Å². The van der Waals surface area contributed by atoms with Crippen molar-refractivity contribution >= 4 is 40.1 Å². The van der Waals surface area contributed by atoms with Gasteiger partial charge >= 0.3 is 0 Å². The molecule has 0 radical (unpaired) electrons. The highest BCUT2D eigenvalue weighted by molar-refractivity contribution is 7.99. The van der Waals surface area contributed by atoms with E-state index in [9.17, 15) is 14.4 Å². The van der Waals surface area contributed by atoms with E-state index < -0.39 is 0 Å². The van der Waals surface area contributed by atoms with Gasteiger partial charge in [0.2, 0.25) is 5.78 Å². The van der Waals surface area contributed by atoms with Crippen LogP contribution in [0.1, 0.15) is 63.9 Å². The molecule has 1 aliphatic carbocycles. The number of ketones is 1. The minimum absolute atomic E-state index is 0.000348. The Morgan fingerprint density at radius 1 is 1.06 bits per heavy atom. The molecule has 5 rings (SSSR count). The van der Waals surface area contributed by atoms with Crippen LogP contribution in [0, 0.1) is 13.8 Å². The Bertz CT molecular complexity index is 1550. The van der Waals surface area contributed by atoms with Gasteiger partial charge in [-0.2, -0.15) is 0 Å². The van der Waals surface area contributed by atoms with Crippen molar-refractivity contribution in [1.82, 2.24) is 24.5 Å². The molecule has 0 atom stereocenters. The molecule has 0 aliphatic heterocycles. The van der Waals surface area contributed by atoms with Gasteiger partial charge in [-0.05, 0) is 56.5 Å². The molecule has 1 aliphatic rings. The molecule has 4 aromatic rings. The summed E-state index contributed by atoms with van der Waals surface area (Å²) in [5.74, 6) is 0.390. The predicted octanol–water partition coefficient (Wildman–Crippen LogP) is 4.24. The van der Waals surface area contributed by atoms with Gasteiger partial charge in [0, 0.05) is 24.2 Å². The average molecular weight is 504 g/mol. The SMILES string of the molecule is Cc1ccc(C)c(C(=O)CSc2nnc3n(C)c(=O)c4ccc(C(=O)NC5CCCCC5)cc4n23)c1. The molecule has 1 N–H and O–H groups in total. The molecule has 0 unspecified atom stereocenters. The van der Waals surface area contributed by atoms with Crippen molar-refractivity contribution in [3.63, 3.8) is 0 Å². The minimum Gasteiger partial charge on any atom is -0.349 e. The molecular weight excluding hydrogens is 474 g/mol. The fourth-order valence-corrected chi connectivity index (χ4v) is 5.68. The molecule has 0 saturated heterocycles. The highest BCUT2D eigenvalue weighted by Gasteiger charge is 2.20. The molecule has 0 bridgehead atoms. The molecule has 2 aromatic heterocycles. The maximum Gasteiger partial charge on any atom is 0.262 e. The largest absolute Gasteiger partial charge is 0.349 e. The number of hydrogen-bond donors (Lipinski definition) is 1. The van der Waals surface area contributed by atoms with Gasteiger partial charge in [-0.15, -0.1) is 10.2 Å². The molecule has 1 saturated carbocycles. The smallest absolute Gasteiger partial charge is 0.262 e.